The number of allylic oxidation sites excluding steroid dienone is 1. The van der Waals surface area contributed by atoms with Crippen LogP contribution in [0.25, 0.3) is 6.08 Å². The molecule has 0 aromatic carbocycles. The number of rotatable bonds is 11. The van der Waals surface area contributed by atoms with Gasteiger partial charge in [-0.25, -0.2) is 0 Å². The van der Waals surface area contributed by atoms with Gasteiger partial charge in [0.2, 0.25) is 0 Å². The van der Waals surface area contributed by atoms with E-state index in [-0.39, 0.29) is 18.4 Å². The molecule has 0 fully saturated rings. The summed E-state index contributed by atoms with van der Waals surface area (Å²) in [4.78, 5) is 0. The van der Waals surface area contributed by atoms with Crippen molar-refractivity contribution in [1.29, 1.82) is 0 Å². The second-order valence-corrected chi connectivity index (χ2v) is 6.67. The highest BCUT2D eigenvalue weighted by Gasteiger charge is 2.26. The van der Waals surface area contributed by atoms with E-state index in [0.29, 0.717) is 12.2 Å². The van der Waals surface area contributed by atoms with Crippen LogP contribution in [-0.4, -0.2) is 27.5 Å². The minimum Gasteiger partial charge on any atom is -0.459 e. The lowest BCUT2D eigenvalue weighted by Crippen LogP contribution is -2.33. The number of hydrogen-bond acceptors (Lipinski definition) is 4. The maximum atomic E-state index is 10.4. The Hall–Kier alpha value is -1.36. The third-order valence-corrected chi connectivity index (χ3v) is 4.31. The molecule has 0 aliphatic carbocycles. The SMILES string of the molecule is C=C[C@H]([C@H](O)CC/C(=C/c1ccc(CO)o1)CCC)[C@H](O)C(C)C. The van der Waals surface area contributed by atoms with E-state index in [2.05, 4.69) is 13.5 Å². The van der Waals surface area contributed by atoms with Gasteiger partial charge >= 0.3 is 0 Å². The second-order valence-electron chi connectivity index (χ2n) is 6.67. The molecule has 1 aromatic heterocycles. The van der Waals surface area contributed by atoms with Gasteiger partial charge in [-0.1, -0.05) is 38.8 Å². The molecule has 0 unspecified atom stereocenters. The van der Waals surface area contributed by atoms with Crippen molar-refractivity contribution >= 4 is 6.08 Å². The summed E-state index contributed by atoms with van der Waals surface area (Å²) in [6.45, 7) is 9.63. The van der Waals surface area contributed by atoms with Crippen LogP contribution in [0.5, 0.6) is 0 Å². The van der Waals surface area contributed by atoms with Gasteiger partial charge < -0.3 is 19.7 Å². The lowest BCUT2D eigenvalue weighted by molar-refractivity contribution is 0.00883. The van der Waals surface area contributed by atoms with Gasteiger partial charge in [-0.05, 0) is 43.4 Å². The Bertz CT molecular complexity index is 515. The number of hydrogen-bond donors (Lipinski definition) is 3. The van der Waals surface area contributed by atoms with Crippen molar-refractivity contribution < 1.29 is 19.7 Å². The number of furan rings is 1. The van der Waals surface area contributed by atoms with E-state index in [1.54, 1.807) is 12.1 Å². The zero-order chi connectivity index (χ0) is 18.1. The molecule has 0 spiro atoms. The molecule has 1 heterocycles. The van der Waals surface area contributed by atoms with Crippen molar-refractivity contribution in [2.45, 2.75) is 65.3 Å². The molecule has 0 radical (unpaired) electrons. The smallest absolute Gasteiger partial charge is 0.130 e. The van der Waals surface area contributed by atoms with E-state index in [1.165, 1.54) is 5.57 Å². The van der Waals surface area contributed by atoms with E-state index in [4.69, 9.17) is 9.52 Å². The van der Waals surface area contributed by atoms with Crippen molar-refractivity contribution in [1.82, 2.24) is 0 Å². The fourth-order valence-electron chi connectivity index (χ4n) is 2.84. The molecule has 0 saturated carbocycles. The maximum Gasteiger partial charge on any atom is 0.130 e. The molecular formula is C20H32O4. The highest BCUT2D eigenvalue weighted by atomic mass is 16.4. The van der Waals surface area contributed by atoms with E-state index >= 15 is 0 Å². The first-order valence-electron chi connectivity index (χ1n) is 8.80. The van der Waals surface area contributed by atoms with Crippen LogP contribution in [0.1, 0.15) is 58.0 Å². The Morgan fingerprint density at radius 2 is 1.96 bits per heavy atom. The van der Waals surface area contributed by atoms with Gasteiger partial charge in [0.1, 0.15) is 18.1 Å². The van der Waals surface area contributed by atoms with E-state index in [1.807, 2.05) is 26.0 Å². The van der Waals surface area contributed by atoms with E-state index in [9.17, 15) is 10.2 Å². The van der Waals surface area contributed by atoms with Gasteiger partial charge in [0, 0.05) is 5.92 Å². The molecule has 0 bridgehead atoms. The van der Waals surface area contributed by atoms with Gasteiger partial charge in [-0.2, -0.15) is 0 Å². The summed E-state index contributed by atoms with van der Waals surface area (Å²) in [7, 11) is 0. The molecule has 4 nitrogen and oxygen atoms in total. The third-order valence-electron chi connectivity index (χ3n) is 4.31. The van der Waals surface area contributed by atoms with Crippen molar-refractivity contribution in [3.63, 3.8) is 0 Å². The number of aliphatic hydroxyl groups is 3. The maximum absolute atomic E-state index is 10.4. The first kappa shape index (κ1) is 20.7. The first-order chi connectivity index (χ1) is 11.4. The molecular weight excluding hydrogens is 304 g/mol. The van der Waals surface area contributed by atoms with Crippen molar-refractivity contribution in [2.75, 3.05) is 0 Å². The summed E-state index contributed by atoms with van der Waals surface area (Å²) in [5.41, 5.74) is 1.19. The van der Waals surface area contributed by atoms with Crippen molar-refractivity contribution in [3.8, 4) is 0 Å². The molecule has 1 aromatic rings. The van der Waals surface area contributed by atoms with Crippen LogP contribution >= 0.6 is 0 Å². The van der Waals surface area contributed by atoms with Crippen LogP contribution in [0.4, 0.5) is 0 Å². The highest BCUT2D eigenvalue weighted by Crippen LogP contribution is 2.25. The molecule has 0 aliphatic rings. The fraction of sp³-hybridized carbons (Fsp3) is 0.600. The monoisotopic (exact) mass is 336 g/mol. The predicted molar refractivity (Wildman–Crippen MR) is 97.3 cm³/mol. The molecule has 24 heavy (non-hydrogen) atoms. The normalized spacial score (nSPS) is 16.2. The molecule has 1 rings (SSSR count). The summed E-state index contributed by atoms with van der Waals surface area (Å²) < 4.78 is 5.51. The Morgan fingerprint density at radius 3 is 2.46 bits per heavy atom. The molecule has 4 heteroatoms. The molecule has 3 atom stereocenters. The summed E-state index contributed by atoms with van der Waals surface area (Å²) in [6.07, 6.45) is 5.66. The molecule has 136 valence electrons. The Morgan fingerprint density at radius 1 is 1.25 bits per heavy atom. The van der Waals surface area contributed by atoms with Crippen LogP contribution < -0.4 is 0 Å². The summed E-state index contributed by atoms with van der Waals surface area (Å²) >= 11 is 0. The van der Waals surface area contributed by atoms with Gasteiger partial charge in [0.05, 0.1) is 12.2 Å². The van der Waals surface area contributed by atoms with Crippen LogP contribution in [0, 0.1) is 11.8 Å². The van der Waals surface area contributed by atoms with Crippen LogP contribution in [0.15, 0.2) is 34.8 Å². The molecule has 0 amide bonds. The molecule has 0 aliphatic heterocycles. The van der Waals surface area contributed by atoms with Crippen LogP contribution in [-0.2, 0) is 6.61 Å². The standard InChI is InChI=1S/C20H32O4/c1-5-7-15(12-16-9-10-17(13-21)24-16)8-11-19(22)18(6-2)20(23)14(3)4/h6,9-10,12,14,18-23H,2,5,7-8,11,13H2,1,3-4H3/b15-12+/t18-,19-,20-/m1/s1. The van der Waals surface area contributed by atoms with Gasteiger partial charge in [0.25, 0.3) is 0 Å². The van der Waals surface area contributed by atoms with Gasteiger partial charge in [0.15, 0.2) is 0 Å². The van der Waals surface area contributed by atoms with Crippen molar-refractivity contribution in [3.05, 3.63) is 41.9 Å². The minimum absolute atomic E-state index is 0.0772. The Kier molecular flexibility index (Phi) is 9.04. The quantitative estimate of drug-likeness (QED) is 0.536. The Labute approximate surface area is 145 Å². The van der Waals surface area contributed by atoms with Crippen LogP contribution in [0.2, 0.25) is 0 Å². The Balaban J connectivity index is 2.72. The summed E-state index contributed by atoms with van der Waals surface area (Å²) in [5, 5.41) is 29.7. The third kappa shape index (κ3) is 6.27. The topological polar surface area (TPSA) is 73.8 Å². The lowest BCUT2D eigenvalue weighted by Gasteiger charge is -2.27. The predicted octanol–water partition coefficient (Wildman–Crippen LogP) is 3.92. The lowest BCUT2D eigenvalue weighted by atomic mass is 9.86. The van der Waals surface area contributed by atoms with Crippen LogP contribution in [0.3, 0.4) is 0 Å². The summed E-state index contributed by atoms with van der Waals surface area (Å²) in [5.74, 6) is 1.02. The zero-order valence-electron chi connectivity index (χ0n) is 15.1. The largest absolute Gasteiger partial charge is 0.459 e. The average Bonchev–Trinajstić information content (AvgIpc) is 3.01. The first-order valence-corrected chi connectivity index (χ1v) is 8.80. The van der Waals surface area contributed by atoms with E-state index < -0.39 is 12.2 Å². The summed E-state index contributed by atoms with van der Waals surface area (Å²) in [6, 6.07) is 3.60. The second kappa shape index (κ2) is 10.5. The van der Waals surface area contributed by atoms with Crippen molar-refractivity contribution in [2.24, 2.45) is 11.8 Å². The zero-order valence-corrected chi connectivity index (χ0v) is 15.1. The van der Waals surface area contributed by atoms with Gasteiger partial charge in [-0.15, -0.1) is 6.58 Å². The highest BCUT2D eigenvalue weighted by molar-refractivity contribution is 5.47. The minimum atomic E-state index is -0.621. The number of aliphatic hydroxyl groups excluding tert-OH is 3. The van der Waals surface area contributed by atoms with Gasteiger partial charge in [-0.3, -0.25) is 0 Å². The van der Waals surface area contributed by atoms with E-state index in [0.717, 1.165) is 25.0 Å². The molecule has 3 N–H and O–H groups in total. The molecule has 0 saturated heterocycles. The average molecular weight is 336 g/mol. The fourth-order valence-corrected chi connectivity index (χ4v) is 2.84.